The smallest absolute Gasteiger partial charge is 0.241 e. The summed E-state index contributed by atoms with van der Waals surface area (Å²) >= 11 is 8.97. The van der Waals surface area contributed by atoms with E-state index in [1.165, 1.54) is 12.1 Å². The number of sulfonamides is 1. The van der Waals surface area contributed by atoms with E-state index in [-0.39, 0.29) is 15.6 Å². The van der Waals surface area contributed by atoms with Gasteiger partial charge in [0, 0.05) is 23.8 Å². The second kappa shape index (κ2) is 6.21. The van der Waals surface area contributed by atoms with Crippen LogP contribution in [0.5, 0.6) is 0 Å². The SMILES string of the molecule is CN(C)CCNS(=O)(=O)c1cc(Cl)cc(N)c1Br. The van der Waals surface area contributed by atoms with Crippen molar-refractivity contribution in [2.75, 3.05) is 32.9 Å². The Hall–Kier alpha value is -0.340. The first-order valence-corrected chi connectivity index (χ1v) is 7.78. The maximum absolute atomic E-state index is 12.1. The number of benzene rings is 1. The quantitative estimate of drug-likeness (QED) is 0.785. The van der Waals surface area contributed by atoms with Crippen LogP contribution in [0.4, 0.5) is 5.69 Å². The first kappa shape index (κ1) is 15.7. The van der Waals surface area contributed by atoms with Gasteiger partial charge >= 0.3 is 0 Å². The van der Waals surface area contributed by atoms with Gasteiger partial charge in [0.15, 0.2) is 0 Å². The Bertz CT molecular complexity index is 534. The molecule has 0 amide bonds. The van der Waals surface area contributed by atoms with Crippen molar-refractivity contribution < 1.29 is 8.42 Å². The highest BCUT2D eigenvalue weighted by Gasteiger charge is 2.19. The topological polar surface area (TPSA) is 75.4 Å². The van der Waals surface area contributed by atoms with Crippen molar-refractivity contribution >= 4 is 43.2 Å². The summed E-state index contributed by atoms with van der Waals surface area (Å²) in [5.74, 6) is 0. The number of nitrogens with one attached hydrogen (secondary N) is 1. The van der Waals surface area contributed by atoms with Crippen LogP contribution in [-0.4, -0.2) is 40.5 Å². The maximum atomic E-state index is 12.1. The minimum Gasteiger partial charge on any atom is -0.398 e. The number of nitrogens with zero attached hydrogens (tertiary/aromatic N) is 1. The minimum absolute atomic E-state index is 0.0475. The Morgan fingerprint density at radius 1 is 1.44 bits per heavy atom. The van der Waals surface area contributed by atoms with Crippen LogP contribution in [0.3, 0.4) is 0 Å². The van der Waals surface area contributed by atoms with Crippen molar-refractivity contribution in [3.05, 3.63) is 21.6 Å². The van der Waals surface area contributed by atoms with Gasteiger partial charge in [-0.25, -0.2) is 13.1 Å². The lowest BCUT2D eigenvalue weighted by Crippen LogP contribution is -2.31. The van der Waals surface area contributed by atoms with E-state index in [1.54, 1.807) is 0 Å². The van der Waals surface area contributed by atoms with E-state index < -0.39 is 10.0 Å². The number of halogens is 2. The van der Waals surface area contributed by atoms with E-state index in [0.717, 1.165) is 0 Å². The van der Waals surface area contributed by atoms with Crippen LogP contribution in [0.25, 0.3) is 0 Å². The molecule has 18 heavy (non-hydrogen) atoms. The van der Waals surface area contributed by atoms with Crippen LogP contribution in [0, 0.1) is 0 Å². The highest BCUT2D eigenvalue weighted by Crippen LogP contribution is 2.31. The van der Waals surface area contributed by atoms with Crippen molar-refractivity contribution in [1.82, 2.24) is 9.62 Å². The molecule has 0 radical (unpaired) electrons. The van der Waals surface area contributed by atoms with Gasteiger partial charge < -0.3 is 10.6 Å². The molecule has 0 aliphatic carbocycles. The predicted molar refractivity (Wildman–Crippen MR) is 77.3 cm³/mol. The van der Waals surface area contributed by atoms with Crippen molar-refractivity contribution in [2.24, 2.45) is 0 Å². The van der Waals surface area contributed by atoms with Gasteiger partial charge in [-0.05, 0) is 42.2 Å². The first-order valence-electron chi connectivity index (χ1n) is 5.13. The van der Waals surface area contributed by atoms with Crippen LogP contribution in [0.15, 0.2) is 21.5 Å². The molecule has 0 aromatic heterocycles. The average molecular weight is 357 g/mol. The molecule has 1 aromatic carbocycles. The summed E-state index contributed by atoms with van der Waals surface area (Å²) in [6.07, 6.45) is 0. The Kier molecular flexibility index (Phi) is 5.42. The number of likely N-dealkylation sites (N-methyl/N-ethyl adjacent to an activating group) is 1. The van der Waals surface area contributed by atoms with Gasteiger partial charge in [0.05, 0.1) is 9.37 Å². The van der Waals surface area contributed by atoms with E-state index in [0.29, 0.717) is 17.6 Å². The summed E-state index contributed by atoms with van der Waals surface area (Å²) in [6.45, 7) is 0.918. The number of nitrogens with two attached hydrogens (primary N) is 1. The van der Waals surface area contributed by atoms with Gasteiger partial charge in [0.25, 0.3) is 0 Å². The van der Waals surface area contributed by atoms with Gasteiger partial charge in [-0.15, -0.1) is 0 Å². The van der Waals surface area contributed by atoms with Crippen LogP contribution >= 0.6 is 27.5 Å². The van der Waals surface area contributed by atoms with Crippen molar-refractivity contribution in [3.8, 4) is 0 Å². The molecule has 0 heterocycles. The molecule has 1 aromatic rings. The van der Waals surface area contributed by atoms with Gasteiger partial charge in [-0.3, -0.25) is 0 Å². The van der Waals surface area contributed by atoms with E-state index >= 15 is 0 Å². The molecule has 1 rings (SSSR count). The molecule has 0 spiro atoms. The number of rotatable bonds is 5. The third-order valence-electron chi connectivity index (χ3n) is 2.17. The maximum Gasteiger partial charge on any atom is 0.241 e. The highest BCUT2D eigenvalue weighted by molar-refractivity contribution is 9.10. The van der Waals surface area contributed by atoms with E-state index in [2.05, 4.69) is 20.7 Å². The van der Waals surface area contributed by atoms with Gasteiger partial charge in [-0.2, -0.15) is 0 Å². The summed E-state index contributed by atoms with van der Waals surface area (Å²) in [6, 6.07) is 2.85. The Labute approximate surface area is 120 Å². The fourth-order valence-corrected chi connectivity index (χ4v) is 3.57. The lowest BCUT2D eigenvalue weighted by Gasteiger charge is -2.13. The highest BCUT2D eigenvalue weighted by atomic mass is 79.9. The molecule has 102 valence electrons. The summed E-state index contributed by atoms with van der Waals surface area (Å²) in [4.78, 5) is 1.93. The zero-order valence-corrected chi connectivity index (χ0v) is 13.2. The Balaban J connectivity index is 2.98. The third-order valence-corrected chi connectivity index (χ3v) is 5.02. The normalized spacial score (nSPS) is 12.1. The zero-order valence-electron chi connectivity index (χ0n) is 10.1. The average Bonchev–Trinajstić information content (AvgIpc) is 2.22. The van der Waals surface area contributed by atoms with Gasteiger partial charge in [0.2, 0.25) is 10.0 Å². The first-order chi connectivity index (χ1) is 8.24. The third kappa shape index (κ3) is 4.10. The summed E-state index contributed by atoms with van der Waals surface area (Å²) in [5.41, 5.74) is 5.95. The monoisotopic (exact) mass is 355 g/mol. The van der Waals surface area contributed by atoms with Crippen molar-refractivity contribution in [3.63, 3.8) is 0 Å². The number of hydrogen-bond donors (Lipinski definition) is 2. The Morgan fingerprint density at radius 3 is 2.61 bits per heavy atom. The molecule has 8 heteroatoms. The molecule has 3 N–H and O–H groups in total. The second-order valence-electron chi connectivity index (χ2n) is 4.01. The molecule has 0 unspecified atom stereocenters. The van der Waals surface area contributed by atoms with E-state index in [9.17, 15) is 8.42 Å². The number of hydrogen-bond acceptors (Lipinski definition) is 4. The molecule has 0 aliphatic heterocycles. The molecule has 0 fully saturated rings. The van der Waals surface area contributed by atoms with Crippen molar-refractivity contribution in [2.45, 2.75) is 4.90 Å². The number of nitrogen functional groups attached to an aromatic ring is 1. The van der Waals surface area contributed by atoms with E-state index in [1.807, 2.05) is 19.0 Å². The van der Waals surface area contributed by atoms with Gasteiger partial charge in [-0.1, -0.05) is 11.6 Å². The van der Waals surface area contributed by atoms with Crippen LogP contribution in [0.2, 0.25) is 5.02 Å². The largest absolute Gasteiger partial charge is 0.398 e. The zero-order chi connectivity index (χ0) is 13.9. The van der Waals surface area contributed by atoms with Crippen LogP contribution in [-0.2, 0) is 10.0 Å². The molecule has 0 bridgehead atoms. The summed E-state index contributed by atoms with van der Waals surface area (Å²) in [7, 11) is 0.106. The minimum atomic E-state index is -3.62. The van der Waals surface area contributed by atoms with Crippen LogP contribution in [0.1, 0.15) is 0 Å². The summed E-state index contributed by atoms with van der Waals surface area (Å²) in [5, 5.41) is 0.281. The predicted octanol–water partition coefficient (Wildman–Crippen LogP) is 1.52. The molecule has 0 saturated heterocycles. The molecule has 5 nitrogen and oxygen atoms in total. The lowest BCUT2D eigenvalue weighted by molar-refractivity contribution is 0.412. The Morgan fingerprint density at radius 2 is 2.06 bits per heavy atom. The lowest BCUT2D eigenvalue weighted by atomic mass is 10.3. The molecular weight excluding hydrogens is 342 g/mol. The molecule has 0 atom stereocenters. The molecule has 0 saturated carbocycles. The fourth-order valence-electron chi connectivity index (χ4n) is 1.26. The van der Waals surface area contributed by atoms with Crippen LogP contribution < -0.4 is 10.5 Å². The van der Waals surface area contributed by atoms with E-state index in [4.69, 9.17) is 17.3 Å². The summed E-state index contributed by atoms with van der Waals surface area (Å²) < 4.78 is 26.9. The molecular formula is C10H15BrClN3O2S. The standard InChI is InChI=1S/C10H15BrClN3O2S/c1-15(2)4-3-14-18(16,17)9-6-7(12)5-8(13)10(9)11/h5-6,14H,3-4,13H2,1-2H3. The molecule has 0 aliphatic rings. The van der Waals surface area contributed by atoms with Crippen molar-refractivity contribution in [1.29, 1.82) is 0 Å². The van der Waals surface area contributed by atoms with Gasteiger partial charge in [0.1, 0.15) is 0 Å². The fraction of sp³-hybridized carbons (Fsp3) is 0.400. The number of anilines is 1. The second-order valence-corrected chi connectivity index (χ2v) is 6.97.